The number of alkyl halides is 3. The lowest BCUT2D eigenvalue weighted by Crippen LogP contribution is -2.49. The number of hydrogen-bond donors (Lipinski definition) is 1. The molecule has 0 spiro atoms. The molecule has 2 aromatic heterocycles. The van der Waals surface area contributed by atoms with Crippen molar-refractivity contribution in [2.75, 3.05) is 24.5 Å². The van der Waals surface area contributed by atoms with Crippen molar-refractivity contribution in [1.82, 2.24) is 25.2 Å². The van der Waals surface area contributed by atoms with Gasteiger partial charge in [-0.15, -0.1) is 12.4 Å². The third kappa shape index (κ3) is 4.13. The minimum absolute atomic E-state index is 0. The summed E-state index contributed by atoms with van der Waals surface area (Å²) < 4.78 is 37.9. The predicted molar refractivity (Wildman–Crippen MR) is 113 cm³/mol. The van der Waals surface area contributed by atoms with E-state index in [2.05, 4.69) is 15.3 Å². The molecule has 11 heteroatoms. The second-order valence-corrected chi connectivity index (χ2v) is 8.50. The molecule has 7 nitrogen and oxygen atoms in total. The van der Waals surface area contributed by atoms with Gasteiger partial charge in [0.05, 0.1) is 17.8 Å². The molecule has 0 aliphatic carbocycles. The van der Waals surface area contributed by atoms with E-state index in [1.807, 2.05) is 11.8 Å². The van der Waals surface area contributed by atoms with Crippen LogP contribution in [0.25, 0.3) is 0 Å². The average Bonchev–Trinajstić information content (AvgIpc) is 3.14. The summed E-state index contributed by atoms with van der Waals surface area (Å²) in [6.45, 7) is 6.10. The highest BCUT2D eigenvalue weighted by molar-refractivity contribution is 5.85. The molecule has 1 N–H and O–H groups in total. The van der Waals surface area contributed by atoms with E-state index in [-0.39, 0.29) is 30.2 Å². The van der Waals surface area contributed by atoms with Crippen LogP contribution in [0.2, 0.25) is 0 Å². The summed E-state index contributed by atoms with van der Waals surface area (Å²) in [7, 11) is 0. The minimum atomic E-state index is -4.45. The molecule has 1 saturated heterocycles. The lowest BCUT2D eigenvalue weighted by Gasteiger charge is -2.39. The zero-order chi connectivity index (χ0) is 21.8. The summed E-state index contributed by atoms with van der Waals surface area (Å²) in [5.41, 5.74) is 5.03. The lowest BCUT2D eigenvalue weighted by molar-refractivity contribution is -0.138. The Hall–Kier alpha value is -2.46. The van der Waals surface area contributed by atoms with Crippen LogP contribution in [0.15, 0.2) is 12.4 Å². The van der Waals surface area contributed by atoms with Crippen LogP contribution in [-0.4, -0.2) is 45.4 Å². The van der Waals surface area contributed by atoms with Crippen molar-refractivity contribution in [2.45, 2.75) is 45.6 Å². The molecule has 3 aliphatic heterocycles. The van der Waals surface area contributed by atoms with Crippen molar-refractivity contribution in [3.63, 3.8) is 0 Å². The highest BCUT2D eigenvalue weighted by atomic mass is 35.5. The lowest BCUT2D eigenvalue weighted by atomic mass is 9.94. The van der Waals surface area contributed by atoms with E-state index in [0.29, 0.717) is 32.6 Å². The van der Waals surface area contributed by atoms with Crippen LogP contribution in [-0.2, 0) is 37.0 Å². The number of nitrogens with zero attached hydrogens (tertiary/aromatic N) is 5. The van der Waals surface area contributed by atoms with Crippen molar-refractivity contribution in [2.24, 2.45) is 5.92 Å². The number of pyridine rings is 1. The minimum Gasteiger partial charge on any atom is -0.340 e. The number of halogens is 4. The Labute approximate surface area is 189 Å². The number of carbonyl (C=O) groups excluding carboxylic acids is 1. The van der Waals surface area contributed by atoms with Gasteiger partial charge in [0.1, 0.15) is 0 Å². The van der Waals surface area contributed by atoms with Crippen molar-refractivity contribution in [3.8, 4) is 0 Å². The van der Waals surface area contributed by atoms with Crippen LogP contribution in [0.5, 0.6) is 0 Å². The maximum absolute atomic E-state index is 12.9. The van der Waals surface area contributed by atoms with Gasteiger partial charge in [-0.1, -0.05) is 0 Å². The smallest absolute Gasteiger partial charge is 0.340 e. The predicted octanol–water partition coefficient (Wildman–Crippen LogP) is 2.64. The van der Waals surface area contributed by atoms with Crippen LogP contribution < -0.4 is 10.2 Å². The number of hydrogen-bond acceptors (Lipinski definition) is 6. The van der Waals surface area contributed by atoms with Crippen LogP contribution in [0.4, 0.5) is 19.1 Å². The Morgan fingerprint density at radius 1 is 1.16 bits per heavy atom. The average molecular weight is 469 g/mol. The van der Waals surface area contributed by atoms with Gasteiger partial charge in [0.15, 0.2) is 0 Å². The van der Waals surface area contributed by atoms with Gasteiger partial charge in [0.2, 0.25) is 11.9 Å². The molecule has 3 aliphatic rings. The quantitative estimate of drug-likeness (QED) is 0.746. The standard InChI is InChI=1S/C21H23F3N6O.ClH/c1-12-16-7-25-3-2-15(16)17-10-29(11-18(17)28-12)19(31)4-13-8-30(9-13)20-26-5-14(6-27-20)21(22,23)24;/h5-6,13,25H,2-4,7-11H2,1H3;1H. The molecule has 0 unspecified atom stereocenters. The summed E-state index contributed by atoms with van der Waals surface area (Å²) in [6.07, 6.45) is -1.47. The molecule has 0 bridgehead atoms. The van der Waals surface area contributed by atoms with Crippen LogP contribution in [0.3, 0.4) is 0 Å². The first-order chi connectivity index (χ1) is 14.8. The molecule has 2 aromatic rings. The Bertz CT molecular complexity index is 1020. The fourth-order valence-corrected chi connectivity index (χ4v) is 4.67. The number of rotatable bonds is 3. The number of nitrogens with one attached hydrogen (secondary N) is 1. The Morgan fingerprint density at radius 2 is 1.88 bits per heavy atom. The Morgan fingerprint density at radius 3 is 2.56 bits per heavy atom. The van der Waals surface area contributed by atoms with Gasteiger partial charge in [0, 0.05) is 56.6 Å². The highest BCUT2D eigenvalue weighted by Crippen LogP contribution is 2.33. The molecule has 1 amide bonds. The molecular weight excluding hydrogens is 445 g/mol. The van der Waals surface area contributed by atoms with Crippen LogP contribution in [0.1, 0.15) is 40.1 Å². The first-order valence-electron chi connectivity index (χ1n) is 10.4. The van der Waals surface area contributed by atoms with Gasteiger partial charge in [-0.3, -0.25) is 9.78 Å². The SMILES string of the molecule is Cc1nc2c(c3c1CNCC3)CN(C(=O)CC1CN(c3ncc(C(F)(F)F)cn3)C1)C2.Cl. The number of amides is 1. The molecule has 32 heavy (non-hydrogen) atoms. The summed E-state index contributed by atoms with van der Waals surface area (Å²) in [5.74, 6) is 0.511. The Balaban J connectivity index is 0.00000245. The van der Waals surface area contributed by atoms with Crippen molar-refractivity contribution in [3.05, 3.63) is 46.0 Å². The number of carbonyl (C=O) groups is 1. The van der Waals surface area contributed by atoms with Gasteiger partial charge in [0.25, 0.3) is 0 Å². The molecule has 0 atom stereocenters. The van der Waals surface area contributed by atoms with Crippen molar-refractivity contribution in [1.29, 1.82) is 0 Å². The second kappa shape index (κ2) is 8.47. The first kappa shape index (κ1) is 22.7. The third-order valence-electron chi connectivity index (χ3n) is 6.38. The van der Waals surface area contributed by atoms with Gasteiger partial charge in [-0.05, 0) is 36.6 Å². The molecule has 0 radical (unpaired) electrons. The van der Waals surface area contributed by atoms with E-state index in [4.69, 9.17) is 4.98 Å². The highest BCUT2D eigenvalue weighted by Gasteiger charge is 2.36. The second-order valence-electron chi connectivity index (χ2n) is 8.50. The van der Waals surface area contributed by atoms with Gasteiger partial charge in [-0.25, -0.2) is 9.97 Å². The number of anilines is 1. The monoisotopic (exact) mass is 468 g/mol. The van der Waals surface area contributed by atoms with E-state index in [1.54, 1.807) is 4.90 Å². The van der Waals surface area contributed by atoms with E-state index < -0.39 is 11.7 Å². The third-order valence-corrected chi connectivity index (χ3v) is 6.38. The van der Waals surface area contributed by atoms with Crippen LogP contribution >= 0.6 is 12.4 Å². The maximum Gasteiger partial charge on any atom is 0.419 e. The molecule has 5 heterocycles. The maximum atomic E-state index is 12.9. The topological polar surface area (TPSA) is 74.2 Å². The van der Waals surface area contributed by atoms with Gasteiger partial charge in [-0.2, -0.15) is 13.2 Å². The fourth-order valence-electron chi connectivity index (χ4n) is 4.67. The first-order valence-corrected chi connectivity index (χ1v) is 10.4. The molecule has 5 rings (SSSR count). The van der Waals surface area contributed by atoms with E-state index in [1.165, 1.54) is 16.7 Å². The largest absolute Gasteiger partial charge is 0.419 e. The molecule has 1 fully saturated rings. The molecule has 0 saturated carbocycles. The summed E-state index contributed by atoms with van der Waals surface area (Å²) in [5, 5.41) is 3.39. The summed E-state index contributed by atoms with van der Waals surface area (Å²) in [4.78, 5) is 28.9. The van der Waals surface area contributed by atoms with Crippen molar-refractivity contribution < 1.29 is 18.0 Å². The van der Waals surface area contributed by atoms with E-state index >= 15 is 0 Å². The normalized spacial score (nSPS) is 18.0. The number of fused-ring (bicyclic) bond motifs is 3. The van der Waals surface area contributed by atoms with Crippen molar-refractivity contribution >= 4 is 24.3 Å². The number of aryl methyl sites for hydroxylation is 1. The van der Waals surface area contributed by atoms with Crippen LogP contribution in [0, 0.1) is 12.8 Å². The summed E-state index contributed by atoms with van der Waals surface area (Å²) in [6, 6.07) is 0. The summed E-state index contributed by atoms with van der Waals surface area (Å²) >= 11 is 0. The zero-order valence-corrected chi connectivity index (χ0v) is 18.4. The molecular formula is C21H24ClF3N6O. The molecule has 0 aromatic carbocycles. The van der Waals surface area contributed by atoms with Gasteiger partial charge < -0.3 is 15.1 Å². The number of aromatic nitrogens is 3. The van der Waals surface area contributed by atoms with E-state index in [9.17, 15) is 18.0 Å². The van der Waals surface area contributed by atoms with Gasteiger partial charge >= 0.3 is 6.18 Å². The Kier molecular flexibility index (Phi) is 6.02. The zero-order valence-electron chi connectivity index (χ0n) is 17.6. The molecule has 172 valence electrons. The van der Waals surface area contributed by atoms with E-state index in [0.717, 1.165) is 43.3 Å². The fraction of sp³-hybridized carbons (Fsp3) is 0.524.